The number of hydrogen-bond donors (Lipinski definition) is 1. The molecule has 0 radical (unpaired) electrons. The number of aryl methyl sites for hydroxylation is 2. The fourth-order valence-electron chi connectivity index (χ4n) is 2.97. The number of nitrogens with zero attached hydrogens (tertiary/aromatic N) is 2. The third-order valence-corrected chi connectivity index (χ3v) is 4.24. The van der Waals surface area contributed by atoms with Crippen LogP contribution in [0.25, 0.3) is 11.0 Å². The summed E-state index contributed by atoms with van der Waals surface area (Å²) >= 11 is 0. The molecule has 1 N–H and O–H groups in total. The number of ether oxygens (including phenoxy) is 1. The van der Waals surface area contributed by atoms with E-state index in [1.165, 1.54) is 13.3 Å². The van der Waals surface area contributed by atoms with Crippen LogP contribution in [0.15, 0.2) is 18.2 Å². The van der Waals surface area contributed by atoms with Crippen LogP contribution in [-0.2, 0) is 22.5 Å². The predicted octanol–water partition coefficient (Wildman–Crippen LogP) is 3.67. The maximum absolute atomic E-state index is 12.2. The monoisotopic (exact) mass is 355 g/mol. The zero-order chi connectivity index (χ0) is 18.0. The number of benzene rings is 1. The van der Waals surface area contributed by atoms with Crippen molar-refractivity contribution in [2.45, 2.75) is 51.4 Å². The Bertz CT molecular complexity index is 770. The quantitative estimate of drug-likeness (QED) is 0.910. The van der Waals surface area contributed by atoms with E-state index < -0.39 is 24.8 Å². The van der Waals surface area contributed by atoms with Gasteiger partial charge in [-0.25, -0.2) is 4.98 Å². The molecule has 8 heteroatoms. The Labute approximate surface area is 143 Å². The van der Waals surface area contributed by atoms with Gasteiger partial charge in [-0.15, -0.1) is 0 Å². The lowest BCUT2D eigenvalue weighted by Crippen LogP contribution is -2.31. The summed E-state index contributed by atoms with van der Waals surface area (Å²) in [6, 6.07) is 5.36. The maximum atomic E-state index is 12.2. The van der Waals surface area contributed by atoms with Crippen LogP contribution < -0.4 is 5.32 Å². The van der Waals surface area contributed by atoms with E-state index >= 15 is 0 Å². The van der Waals surface area contributed by atoms with Gasteiger partial charge in [0.25, 0.3) is 5.91 Å². The summed E-state index contributed by atoms with van der Waals surface area (Å²) in [7, 11) is 0. The van der Waals surface area contributed by atoms with Gasteiger partial charge < -0.3 is 14.6 Å². The first kappa shape index (κ1) is 17.7. The van der Waals surface area contributed by atoms with Crippen molar-refractivity contribution < 1.29 is 22.7 Å². The number of hydrogen-bond acceptors (Lipinski definition) is 3. The highest BCUT2D eigenvalue weighted by atomic mass is 19.4. The van der Waals surface area contributed by atoms with Crippen LogP contribution >= 0.6 is 0 Å². The third-order valence-electron chi connectivity index (χ3n) is 4.24. The molecule has 5 nitrogen and oxygen atoms in total. The minimum Gasteiger partial charge on any atom is -0.359 e. The molecule has 0 aliphatic carbocycles. The van der Waals surface area contributed by atoms with E-state index in [2.05, 4.69) is 19.6 Å². The lowest BCUT2D eigenvalue weighted by Gasteiger charge is -2.14. The predicted molar refractivity (Wildman–Crippen MR) is 87.4 cm³/mol. The van der Waals surface area contributed by atoms with Crippen molar-refractivity contribution in [3.63, 3.8) is 0 Å². The van der Waals surface area contributed by atoms with Gasteiger partial charge in [0.1, 0.15) is 18.5 Å². The van der Waals surface area contributed by atoms with E-state index in [1.54, 1.807) is 12.1 Å². The second-order valence-corrected chi connectivity index (χ2v) is 6.25. The first-order chi connectivity index (χ1) is 11.8. The van der Waals surface area contributed by atoms with E-state index in [0.717, 1.165) is 42.7 Å². The average Bonchev–Trinajstić information content (AvgIpc) is 2.72. The van der Waals surface area contributed by atoms with Crippen molar-refractivity contribution in [1.82, 2.24) is 9.55 Å². The van der Waals surface area contributed by atoms with Crippen LogP contribution in [0, 0.1) is 0 Å². The molecule has 1 atom stereocenters. The normalized spacial score (nSPS) is 16.3. The fraction of sp³-hybridized carbons (Fsp3) is 0.529. The smallest absolute Gasteiger partial charge is 0.359 e. The Kier molecular flexibility index (Phi) is 4.99. The SMILES string of the molecule is C[C@@H](OCC(F)(F)F)C(=O)Nc1ccc2c(c1)nc1n2CCCCC1. The molecule has 1 aromatic carbocycles. The lowest BCUT2D eigenvalue weighted by atomic mass is 10.2. The Balaban J connectivity index is 1.71. The molecule has 1 amide bonds. The molecule has 0 saturated carbocycles. The molecule has 2 heterocycles. The van der Waals surface area contributed by atoms with Gasteiger partial charge >= 0.3 is 6.18 Å². The minimum absolute atomic E-state index is 0.494. The number of rotatable bonds is 4. The van der Waals surface area contributed by atoms with Crippen molar-refractivity contribution in [1.29, 1.82) is 0 Å². The molecule has 136 valence electrons. The van der Waals surface area contributed by atoms with Crippen LogP contribution in [0.5, 0.6) is 0 Å². The van der Waals surface area contributed by atoms with Crippen LogP contribution in [0.3, 0.4) is 0 Å². The summed E-state index contributed by atoms with van der Waals surface area (Å²) in [6.07, 6.45) is -1.31. The molecule has 3 rings (SSSR count). The number of aromatic nitrogens is 2. The van der Waals surface area contributed by atoms with Gasteiger partial charge in [0, 0.05) is 18.7 Å². The number of alkyl halides is 3. The highest BCUT2D eigenvalue weighted by Crippen LogP contribution is 2.24. The van der Waals surface area contributed by atoms with Gasteiger partial charge in [-0.05, 0) is 38.0 Å². The molecule has 1 aliphatic rings. The van der Waals surface area contributed by atoms with Crippen molar-refractivity contribution in [2.75, 3.05) is 11.9 Å². The van der Waals surface area contributed by atoms with Crippen molar-refractivity contribution in [3.05, 3.63) is 24.0 Å². The van der Waals surface area contributed by atoms with Gasteiger partial charge in [-0.2, -0.15) is 13.2 Å². The topological polar surface area (TPSA) is 56.1 Å². The molecule has 0 saturated heterocycles. The Hall–Kier alpha value is -2.09. The van der Waals surface area contributed by atoms with Crippen LogP contribution in [0.4, 0.5) is 18.9 Å². The highest BCUT2D eigenvalue weighted by molar-refractivity contribution is 5.95. The zero-order valence-corrected chi connectivity index (χ0v) is 13.9. The molecule has 1 aromatic heterocycles. The van der Waals surface area contributed by atoms with Gasteiger partial charge in [0.15, 0.2) is 0 Å². The molecule has 0 spiro atoms. The molecule has 1 aliphatic heterocycles. The first-order valence-electron chi connectivity index (χ1n) is 8.32. The van der Waals surface area contributed by atoms with E-state index in [-0.39, 0.29) is 0 Å². The number of amides is 1. The van der Waals surface area contributed by atoms with Crippen molar-refractivity contribution >= 4 is 22.6 Å². The van der Waals surface area contributed by atoms with Gasteiger partial charge in [-0.1, -0.05) is 6.42 Å². The number of anilines is 1. The van der Waals surface area contributed by atoms with Gasteiger partial charge in [-0.3, -0.25) is 4.79 Å². The second-order valence-electron chi connectivity index (χ2n) is 6.25. The zero-order valence-electron chi connectivity index (χ0n) is 13.9. The number of carbonyl (C=O) groups excluding carboxylic acids is 1. The van der Waals surface area contributed by atoms with Gasteiger partial charge in [0.05, 0.1) is 11.0 Å². The fourth-order valence-corrected chi connectivity index (χ4v) is 2.97. The van der Waals surface area contributed by atoms with Crippen LogP contribution in [-0.4, -0.2) is 34.3 Å². The number of halogens is 3. The molecule has 25 heavy (non-hydrogen) atoms. The molecule has 0 bridgehead atoms. The second kappa shape index (κ2) is 7.03. The molecule has 2 aromatic rings. The molecule has 0 unspecified atom stereocenters. The molecule has 0 fully saturated rings. The Morgan fingerprint density at radius 1 is 1.36 bits per heavy atom. The third kappa shape index (κ3) is 4.31. The van der Waals surface area contributed by atoms with Crippen molar-refractivity contribution in [2.24, 2.45) is 0 Å². The standard InChI is InChI=1S/C17H20F3N3O2/c1-11(25-10-17(18,19)20)16(24)21-12-6-7-14-13(9-12)22-15-5-3-2-4-8-23(14)15/h6-7,9,11H,2-5,8,10H2,1H3,(H,21,24)/t11-/m1/s1. The Morgan fingerprint density at radius 2 is 2.16 bits per heavy atom. The summed E-state index contributed by atoms with van der Waals surface area (Å²) in [5.41, 5.74) is 2.28. The molecular weight excluding hydrogens is 335 g/mol. The maximum Gasteiger partial charge on any atom is 0.411 e. The van der Waals surface area contributed by atoms with E-state index in [0.29, 0.717) is 5.69 Å². The lowest BCUT2D eigenvalue weighted by molar-refractivity contribution is -0.184. The van der Waals surface area contributed by atoms with Crippen LogP contribution in [0.1, 0.15) is 32.0 Å². The number of carbonyl (C=O) groups is 1. The van der Waals surface area contributed by atoms with E-state index in [9.17, 15) is 18.0 Å². The van der Waals surface area contributed by atoms with Crippen molar-refractivity contribution in [3.8, 4) is 0 Å². The Morgan fingerprint density at radius 3 is 2.92 bits per heavy atom. The summed E-state index contributed by atoms with van der Waals surface area (Å²) in [6.45, 7) is 0.771. The molecular formula is C17H20F3N3O2. The van der Waals surface area contributed by atoms with Gasteiger partial charge in [0.2, 0.25) is 0 Å². The number of imidazole rings is 1. The highest BCUT2D eigenvalue weighted by Gasteiger charge is 2.30. The van der Waals surface area contributed by atoms with Crippen LogP contribution in [0.2, 0.25) is 0 Å². The summed E-state index contributed by atoms with van der Waals surface area (Å²) < 4.78 is 43.2. The largest absolute Gasteiger partial charge is 0.411 e. The summed E-state index contributed by atoms with van der Waals surface area (Å²) in [5, 5.41) is 2.58. The summed E-state index contributed by atoms with van der Waals surface area (Å²) in [5.74, 6) is 0.419. The number of fused-ring (bicyclic) bond motifs is 3. The summed E-state index contributed by atoms with van der Waals surface area (Å²) in [4.78, 5) is 16.6. The first-order valence-corrected chi connectivity index (χ1v) is 8.32. The average molecular weight is 355 g/mol. The van der Waals surface area contributed by atoms with E-state index in [4.69, 9.17) is 0 Å². The van der Waals surface area contributed by atoms with E-state index in [1.807, 2.05) is 6.07 Å². The minimum atomic E-state index is -4.46. The number of nitrogens with one attached hydrogen (secondary N) is 1.